The first-order valence-electron chi connectivity index (χ1n) is 15.0. The predicted octanol–water partition coefficient (Wildman–Crippen LogP) is 6.99. The van der Waals surface area contributed by atoms with E-state index in [-0.39, 0.29) is 29.8 Å². The number of terminal acetylenes is 1. The monoisotopic (exact) mass is 583 g/mol. The van der Waals surface area contributed by atoms with Crippen molar-refractivity contribution in [3.8, 4) is 24.2 Å². The maximum absolute atomic E-state index is 14.0. The molecule has 44 heavy (non-hydrogen) atoms. The zero-order chi connectivity index (χ0) is 31.1. The molecule has 4 atom stereocenters. The number of hydrogen-bond donors (Lipinski definition) is 1. The number of allylic oxidation sites excluding steroid dienone is 6. The fourth-order valence-corrected chi connectivity index (χ4v) is 5.90. The molecule has 1 saturated carbocycles. The van der Waals surface area contributed by atoms with E-state index in [0.29, 0.717) is 24.0 Å². The number of fused-ring (bicyclic) bond motifs is 2. The third-order valence-corrected chi connectivity index (χ3v) is 8.55. The van der Waals surface area contributed by atoms with Gasteiger partial charge in [-0.1, -0.05) is 73.4 Å². The van der Waals surface area contributed by atoms with Crippen LogP contribution in [-0.2, 0) is 14.9 Å². The molecule has 0 bridgehead atoms. The van der Waals surface area contributed by atoms with E-state index in [9.17, 15) is 14.0 Å². The lowest BCUT2D eigenvalue weighted by Gasteiger charge is -2.37. The van der Waals surface area contributed by atoms with Gasteiger partial charge < -0.3 is 10.1 Å². The maximum Gasteiger partial charge on any atom is 0.235 e. The number of alkyl halides is 1. The Kier molecular flexibility index (Phi) is 7.68. The topological polar surface area (TPSA) is 55.4 Å². The van der Waals surface area contributed by atoms with Crippen LogP contribution in [0.25, 0.3) is 0 Å². The Morgan fingerprint density at radius 1 is 1.23 bits per heavy atom. The second-order valence-electron chi connectivity index (χ2n) is 12.1. The molecule has 1 saturated heterocycles. The van der Waals surface area contributed by atoms with Crippen molar-refractivity contribution >= 4 is 11.7 Å². The van der Waals surface area contributed by atoms with Crippen molar-refractivity contribution in [2.75, 3.05) is 0 Å². The van der Waals surface area contributed by atoms with Crippen LogP contribution in [0.2, 0.25) is 0 Å². The quantitative estimate of drug-likeness (QED) is 0.207. The molecule has 1 N–H and O–H groups in total. The summed E-state index contributed by atoms with van der Waals surface area (Å²) in [6.07, 6.45) is 19.2. The van der Waals surface area contributed by atoms with Gasteiger partial charge in [-0.15, -0.1) is 6.42 Å². The molecule has 2 fully saturated rings. The number of halogens is 1. The average Bonchev–Trinajstić information content (AvgIpc) is 3.94. The Labute approximate surface area is 259 Å². The summed E-state index contributed by atoms with van der Waals surface area (Å²) >= 11 is 0. The van der Waals surface area contributed by atoms with Gasteiger partial charge in [0.25, 0.3) is 0 Å². The van der Waals surface area contributed by atoms with Crippen LogP contribution in [0, 0.1) is 43.4 Å². The summed E-state index contributed by atoms with van der Waals surface area (Å²) in [5.41, 5.74) is 3.56. The van der Waals surface area contributed by atoms with E-state index in [0.717, 1.165) is 40.9 Å². The number of ketones is 1. The Hall–Kier alpha value is -4.61. The normalized spacial score (nSPS) is 22.4. The van der Waals surface area contributed by atoms with E-state index in [1.54, 1.807) is 18.6 Å². The lowest BCUT2D eigenvalue weighted by molar-refractivity contribution is -0.124. The molecule has 2 aromatic rings. The molecule has 6 rings (SSSR count). The minimum atomic E-state index is -1.67. The van der Waals surface area contributed by atoms with Crippen molar-refractivity contribution in [1.82, 2.24) is 5.32 Å². The summed E-state index contributed by atoms with van der Waals surface area (Å²) in [7, 11) is 0. The van der Waals surface area contributed by atoms with Crippen molar-refractivity contribution in [2.24, 2.45) is 5.92 Å². The minimum absolute atomic E-state index is 0.0402. The third kappa shape index (κ3) is 6.06. The summed E-state index contributed by atoms with van der Waals surface area (Å²) in [6, 6.07) is 12.9. The molecular formula is C39H34FNO3. The van der Waals surface area contributed by atoms with Gasteiger partial charge in [0.1, 0.15) is 17.5 Å². The van der Waals surface area contributed by atoms with Crippen molar-refractivity contribution < 1.29 is 18.7 Å². The van der Waals surface area contributed by atoms with E-state index in [2.05, 4.69) is 48.2 Å². The van der Waals surface area contributed by atoms with Crippen molar-refractivity contribution in [3.05, 3.63) is 131 Å². The molecule has 0 spiro atoms. The van der Waals surface area contributed by atoms with Gasteiger partial charge in [0.2, 0.25) is 11.7 Å². The smallest absolute Gasteiger partial charge is 0.235 e. The van der Waals surface area contributed by atoms with Gasteiger partial charge >= 0.3 is 0 Å². The molecule has 4 aliphatic rings. The summed E-state index contributed by atoms with van der Waals surface area (Å²) in [6.45, 7) is 6.73. The first kappa shape index (κ1) is 29.5. The fourth-order valence-electron chi connectivity index (χ4n) is 5.90. The van der Waals surface area contributed by atoms with Gasteiger partial charge in [0.05, 0.1) is 11.5 Å². The molecule has 1 heterocycles. The minimum Gasteiger partial charge on any atom is -0.485 e. The molecule has 2 radical (unpaired) electrons. The van der Waals surface area contributed by atoms with E-state index in [4.69, 9.17) is 11.2 Å². The zero-order valence-corrected chi connectivity index (χ0v) is 25.0. The lowest BCUT2D eigenvalue weighted by Crippen LogP contribution is -2.45. The second-order valence-corrected chi connectivity index (χ2v) is 12.1. The molecule has 3 aliphatic carbocycles. The highest BCUT2D eigenvalue weighted by Crippen LogP contribution is 2.50. The van der Waals surface area contributed by atoms with Crippen molar-refractivity contribution in [3.63, 3.8) is 0 Å². The van der Waals surface area contributed by atoms with E-state index in [1.807, 2.05) is 43.3 Å². The fraction of sp³-hybridized carbons (Fsp3) is 0.282. The number of benzene rings is 2. The molecule has 0 aromatic heterocycles. The predicted molar refractivity (Wildman–Crippen MR) is 170 cm³/mol. The van der Waals surface area contributed by atoms with Crippen molar-refractivity contribution in [1.29, 1.82) is 0 Å². The Balaban J connectivity index is 1.23. The summed E-state index contributed by atoms with van der Waals surface area (Å²) in [5.74, 6) is 9.04. The number of amides is 1. The van der Waals surface area contributed by atoms with Crippen LogP contribution in [0.3, 0.4) is 0 Å². The highest BCUT2D eigenvalue weighted by molar-refractivity contribution is 6.09. The van der Waals surface area contributed by atoms with Crippen molar-refractivity contribution in [2.45, 2.75) is 62.8 Å². The first-order chi connectivity index (χ1) is 21.1. The molecule has 2 aromatic carbocycles. The largest absolute Gasteiger partial charge is 0.485 e. The van der Waals surface area contributed by atoms with Gasteiger partial charge in [-0.05, 0) is 73.1 Å². The highest BCUT2D eigenvalue weighted by Gasteiger charge is 2.52. The zero-order valence-electron chi connectivity index (χ0n) is 25.0. The molecule has 2 unspecified atom stereocenters. The number of hydrogen-bond acceptors (Lipinski definition) is 3. The lowest BCUT2D eigenvalue weighted by atomic mass is 9.86. The molecule has 4 nitrogen and oxygen atoms in total. The molecule has 1 aliphatic heterocycles. The van der Waals surface area contributed by atoms with Gasteiger partial charge in [-0.2, -0.15) is 0 Å². The third-order valence-electron chi connectivity index (χ3n) is 8.55. The molecule has 220 valence electrons. The Morgan fingerprint density at radius 2 is 2.05 bits per heavy atom. The van der Waals surface area contributed by atoms with Crippen LogP contribution >= 0.6 is 0 Å². The van der Waals surface area contributed by atoms with Gasteiger partial charge in [0, 0.05) is 41.9 Å². The standard InChI is InChI=1S/C39H34FNO3/c1-5-7-13-34(42)27-10-8-11-28(19-27)35-24-33(32-22-29-20-30(29)23-36(32)44-35)41-37(43)39(17-18-39)31-15-14-26(25(6-2)21-31)12-9-16-38(3,4)40/h2,8-12,14-16,19-23,29,33,35H,3,5,17-18,24H2,1,4H3,(H,41,43)/b16-9+/t29?,33-,35-,38?/m1/s1. The van der Waals surface area contributed by atoms with Gasteiger partial charge in [0.15, 0.2) is 0 Å². The Morgan fingerprint density at radius 3 is 2.77 bits per heavy atom. The Bertz CT molecular complexity index is 1760. The SMILES string of the molecule is C#Cc1cc(C2(C(=O)N[C@@H]3C[C@H](c4cccc(C(=O)C#CCC)c4)OC4=CC5=CC5C=C43)CC2)ccc1[CH]/C=C/C([CH2])(C)F. The second kappa shape index (κ2) is 11.5. The van der Waals surface area contributed by atoms with Crippen LogP contribution in [0.4, 0.5) is 4.39 Å². The van der Waals surface area contributed by atoms with E-state index in [1.165, 1.54) is 18.6 Å². The van der Waals surface area contributed by atoms with Crippen LogP contribution in [0.15, 0.2) is 89.8 Å². The molecule has 1 amide bonds. The van der Waals surface area contributed by atoms with Gasteiger partial charge in [-0.3, -0.25) is 9.59 Å². The first-order valence-corrected chi connectivity index (χ1v) is 15.0. The number of nitrogens with one attached hydrogen (secondary N) is 1. The van der Waals surface area contributed by atoms with E-state index < -0.39 is 11.1 Å². The summed E-state index contributed by atoms with van der Waals surface area (Å²) in [5, 5.41) is 3.37. The van der Waals surface area contributed by atoms with Gasteiger partial charge in [-0.25, -0.2) is 4.39 Å². The number of ether oxygens (including phenoxy) is 1. The van der Waals surface area contributed by atoms with Crippen LogP contribution in [0.5, 0.6) is 0 Å². The highest BCUT2D eigenvalue weighted by atomic mass is 19.1. The van der Waals surface area contributed by atoms with Crippen LogP contribution in [0.1, 0.15) is 78.2 Å². The van der Waals surface area contributed by atoms with Crippen LogP contribution < -0.4 is 5.32 Å². The average molecular weight is 584 g/mol. The molecule has 5 heteroatoms. The maximum atomic E-state index is 14.0. The molecular weight excluding hydrogens is 549 g/mol. The number of carbonyl (C=O) groups is 2. The van der Waals surface area contributed by atoms with E-state index >= 15 is 0 Å². The van der Waals surface area contributed by atoms with Crippen LogP contribution in [-0.4, -0.2) is 23.4 Å². The summed E-state index contributed by atoms with van der Waals surface area (Å²) < 4.78 is 20.3. The summed E-state index contributed by atoms with van der Waals surface area (Å²) in [4.78, 5) is 26.6. The number of Topliss-reactive ketones (excluding diaryl/α,β-unsaturated/α-hetero) is 1. The number of carbonyl (C=O) groups excluding carboxylic acids is 2. The number of rotatable bonds is 8.